The SMILES string of the molecule is CN1CCN(C(=O)c2ccc(Cl)cc2)c2ccccc21. The molecule has 4 heteroatoms. The Morgan fingerprint density at radius 2 is 1.65 bits per heavy atom. The molecule has 0 radical (unpaired) electrons. The van der Waals surface area contributed by atoms with Crippen LogP contribution in [0.4, 0.5) is 11.4 Å². The standard InChI is InChI=1S/C16H15ClN2O/c1-18-10-11-19(15-5-3-2-4-14(15)18)16(20)12-6-8-13(17)9-7-12/h2-9H,10-11H2,1H3. The van der Waals surface area contributed by atoms with E-state index in [9.17, 15) is 4.79 Å². The minimum absolute atomic E-state index is 0.0159. The zero-order valence-corrected chi connectivity index (χ0v) is 12.0. The smallest absolute Gasteiger partial charge is 0.258 e. The van der Waals surface area contributed by atoms with Crippen LogP contribution in [-0.2, 0) is 0 Å². The predicted octanol–water partition coefficient (Wildman–Crippen LogP) is 3.44. The molecule has 2 aromatic carbocycles. The molecule has 0 saturated heterocycles. The molecule has 0 saturated carbocycles. The summed E-state index contributed by atoms with van der Waals surface area (Å²) in [7, 11) is 2.04. The van der Waals surface area contributed by atoms with Crippen LogP contribution in [0.1, 0.15) is 10.4 Å². The first-order chi connectivity index (χ1) is 9.66. The molecule has 0 fully saturated rings. The van der Waals surface area contributed by atoms with Gasteiger partial charge in [0.2, 0.25) is 0 Å². The van der Waals surface area contributed by atoms with E-state index in [4.69, 9.17) is 11.6 Å². The second-order valence-corrected chi connectivity index (χ2v) is 5.31. The van der Waals surface area contributed by atoms with Crippen molar-refractivity contribution in [2.75, 3.05) is 29.9 Å². The summed E-state index contributed by atoms with van der Waals surface area (Å²) in [5, 5.41) is 0.639. The molecule has 1 heterocycles. The third kappa shape index (κ3) is 2.25. The molecule has 1 aliphatic heterocycles. The number of hydrogen-bond acceptors (Lipinski definition) is 2. The molecular weight excluding hydrogens is 272 g/mol. The first-order valence-corrected chi connectivity index (χ1v) is 6.92. The van der Waals surface area contributed by atoms with Crippen LogP contribution in [-0.4, -0.2) is 26.0 Å². The highest BCUT2D eigenvalue weighted by molar-refractivity contribution is 6.30. The van der Waals surface area contributed by atoms with Crippen LogP contribution in [0.3, 0.4) is 0 Å². The zero-order valence-electron chi connectivity index (χ0n) is 11.2. The zero-order chi connectivity index (χ0) is 14.1. The van der Waals surface area contributed by atoms with Gasteiger partial charge in [-0.1, -0.05) is 23.7 Å². The molecule has 0 unspecified atom stereocenters. The molecule has 0 atom stereocenters. The minimum atomic E-state index is 0.0159. The van der Waals surface area contributed by atoms with Gasteiger partial charge in [0.15, 0.2) is 0 Å². The number of likely N-dealkylation sites (N-methyl/N-ethyl adjacent to an activating group) is 1. The molecule has 102 valence electrons. The van der Waals surface area contributed by atoms with E-state index in [-0.39, 0.29) is 5.91 Å². The molecular formula is C16H15ClN2O. The number of anilines is 2. The van der Waals surface area contributed by atoms with E-state index in [1.54, 1.807) is 24.3 Å². The summed E-state index contributed by atoms with van der Waals surface area (Å²) in [6.07, 6.45) is 0. The average Bonchev–Trinajstić information content (AvgIpc) is 2.48. The Morgan fingerprint density at radius 1 is 1.00 bits per heavy atom. The van der Waals surface area contributed by atoms with Crippen LogP contribution >= 0.6 is 11.6 Å². The van der Waals surface area contributed by atoms with Crippen LogP contribution < -0.4 is 9.80 Å². The lowest BCUT2D eigenvalue weighted by Crippen LogP contribution is -2.42. The summed E-state index contributed by atoms with van der Waals surface area (Å²) >= 11 is 5.87. The molecule has 1 amide bonds. The number of rotatable bonds is 1. The number of benzene rings is 2. The van der Waals surface area contributed by atoms with Gasteiger partial charge < -0.3 is 9.80 Å². The molecule has 20 heavy (non-hydrogen) atoms. The van der Waals surface area contributed by atoms with Crippen molar-refractivity contribution in [2.24, 2.45) is 0 Å². The van der Waals surface area contributed by atoms with Gasteiger partial charge in [0.05, 0.1) is 11.4 Å². The van der Waals surface area contributed by atoms with Crippen molar-refractivity contribution in [1.29, 1.82) is 0 Å². The fourth-order valence-electron chi connectivity index (χ4n) is 2.47. The topological polar surface area (TPSA) is 23.6 Å². The maximum absolute atomic E-state index is 12.6. The van der Waals surface area contributed by atoms with Crippen LogP contribution in [0.2, 0.25) is 5.02 Å². The first kappa shape index (κ1) is 13.0. The summed E-state index contributed by atoms with van der Waals surface area (Å²) in [6, 6.07) is 15.0. The third-order valence-electron chi connectivity index (χ3n) is 3.58. The molecule has 3 rings (SSSR count). The van der Waals surface area contributed by atoms with Gasteiger partial charge >= 0.3 is 0 Å². The van der Waals surface area contributed by atoms with Crippen LogP contribution in [0, 0.1) is 0 Å². The van der Waals surface area contributed by atoms with Gasteiger partial charge in [-0.15, -0.1) is 0 Å². The predicted molar refractivity (Wildman–Crippen MR) is 82.8 cm³/mol. The van der Waals surface area contributed by atoms with Crippen molar-refractivity contribution in [2.45, 2.75) is 0 Å². The quantitative estimate of drug-likeness (QED) is 0.802. The van der Waals surface area contributed by atoms with Crippen molar-refractivity contribution >= 4 is 28.9 Å². The minimum Gasteiger partial charge on any atom is -0.371 e. The van der Waals surface area contributed by atoms with Crippen molar-refractivity contribution in [3.63, 3.8) is 0 Å². The van der Waals surface area contributed by atoms with Crippen LogP contribution in [0.25, 0.3) is 0 Å². The summed E-state index contributed by atoms with van der Waals surface area (Å²) in [5.41, 5.74) is 2.70. The summed E-state index contributed by atoms with van der Waals surface area (Å²) in [4.78, 5) is 16.6. The molecule has 1 aliphatic rings. The fraction of sp³-hybridized carbons (Fsp3) is 0.188. The van der Waals surface area contributed by atoms with Crippen LogP contribution in [0.15, 0.2) is 48.5 Å². The number of fused-ring (bicyclic) bond motifs is 1. The summed E-state index contributed by atoms with van der Waals surface area (Å²) in [6.45, 7) is 1.52. The van der Waals surface area contributed by atoms with Gasteiger partial charge in [-0.25, -0.2) is 0 Å². The number of nitrogens with zero attached hydrogens (tertiary/aromatic N) is 2. The highest BCUT2D eigenvalue weighted by Gasteiger charge is 2.25. The van der Waals surface area contributed by atoms with Crippen molar-refractivity contribution in [3.8, 4) is 0 Å². The Kier molecular flexibility index (Phi) is 3.36. The molecule has 0 N–H and O–H groups in total. The highest BCUT2D eigenvalue weighted by atomic mass is 35.5. The highest BCUT2D eigenvalue weighted by Crippen LogP contribution is 2.32. The molecule has 2 aromatic rings. The van der Waals surface area contributed by atoms with E-state index in [1.807, 2.05) is 36.2 Å². The Bertz CT molecular complexity index is 639. The van der Waals surface area contributed by atoms with E-state index < -0.39 is 0 Å². The van der Waals surface area contributed by atoms with E-state index in [1.165, 1.54) is 0 Å². The van der Waals surface area contributed by atoms with E-state index in [0.717, 1.165) is 17.9 Å². The van der Waals surface area contributed by atoms with Gasteiger partial charge in [0.25, 0.3) is 5.91 Å². The fourth-order valence-corrected chi connectivity index (χ4v) is 2.59. The second-order valence-electron chi connectivity index (χ2n) is 4.87. The largest absolute Gasteiger partial charge is 0.371 e. The van der Waals surface area contributed by atoms with Gasteiger partial charge in [0.1, 0.15) is 0 Å². The third-order valence-corrected chi connectivity index (χ3v) is 3.83. The number of carbonyl (C=O) groups is 1. The van der Waals surface area contributed by atoms with Crippen molar-refractivity contribution < 1.29 is 4.79 Å². The van der Waals surface area contributed by atoms with Gasteiger partial charge in [-0.3, -0.25) is 4.79 Å². The Labute approximate surface area is 123 Å². The molecule has 0 bridgehead atoms. The number of hydrogen-bond donors (Lipinski definition) is 0. The number of carbonyl (C=O) groups excluding carboxylic acids is 1. The van der Waals surface area contributed by atoms with Gasteiger partial charge in [-0.05, 0) is 36.4 Å². The lowest BCUT2D eigenvalue weighted by Gasteiger charge is -2.35. The lowest BCUT2D eigenvalue weighted by molar-refractivity contribution is 0.0987. The molecule has 0 spiro atoms. The molecule has 0 aromatic heterocycles. The van der Waals surface area contributed by atoms with Gasteiger partial charge in [0, 0.05) is 30.7 Å². The number of halogens is 1. The lowest BCUT2D eigenvalue weighted by atomic mass is 10.1. The van der Waals surface area contributed by atoms with E-state index >= 15 is 0 Å². The Hall–Kier alpha value is -2.00. The van der Waals surface area contributed by atoms with Crippen molar-refractivity contribution in [1.82, 2.24) is 0 Å². The monoisotopic (exact) mass is 286 g/mol. The van der Waals surface area contributed by atoms with Gasteiger partial charge in [-0.2, -0.15) is 0 Å². The maximum Gasteiger partial charge on any atom is 0.258 e. The average molecular weight is 287 g/mol. The Morgan fingerprint density at radius 3 is 2.35 bits per heavy atom. The second kappa shape index (κ2) is 5.17. The molecule has 0 aliphatic carbocycles. The number of para-hydroxylation sites is 2. The normalized spacial score (nSPS) is 14.1. The molecule has 3 nitrogen and oxygen atoms in total. The Balaban J connectivity index is 1.97. The van der Waals surface area contributed by atoms with Crippen molar-refractivity contribution in [3.05, 3.63) is 59.1 Å². The van der Waals surface area contributed by atoms with Crippen LogP contribution in [0.5, 0.6) is 0 Å². The first-order valence-electron chi connectivity index (χ1n) is 6.54. The summed E-state index contributed by atoms with van der Waals surface area (Å²) < 4.78 is 0. The van der Waals surface area contributed by atoms with E-state index in [2.05, 4.69) is 4.90 Å². The maximum atomic E-state index is 12.6. The van der Waals surface area contributed by atoms with E-state index in [0.29, 0.717) is 17.1 Å². The summed E-state index contributed by atoms with van der Waals surface area (Å²) in [5.74, 6) is 0.0159. The number of amides is 1.